The summed E-state index contributed by atoms with van der Waals surface area (Å²) >= 11 is 1.43. The van der Waals surface area contributed by atoms with E-state index in [1.807, 2.05) is 42.6 Å². The van der Waals surface area contributed by atoms with Gasteiger partial charge in [0.2, 0.25) is 0 Å². The van der Waals surface area contributed by atoms with Crippen molar-refractivity contribution in [3.63, 3.8) is 0 Å². The maximum Gasteiger partial charge on any atom is 0.305 e. The molecule has 4 nitrogen and oxygen atoms in total. The Balaban J connectivity index is 1.87. The number of nitrogens with zero attached hydrogens (tertiary/aromatic N) is 1. The van der Waals surface area contributed by atoms with Gasteiger partial charge in [0.05, 0.1) is 11.3 Å². The molecule has 1 aromatic heterocycles. The Hall–Kier alpha value is -2.14. The Morgan fingerprint density at radius 3 is 2.70 bits per heavy atom. The van der Waals surface area contributed by atoms with Crippen LogP contribution in [0.25, 0.3) is 11.1 Å². The van der Waals surface area contributed by atoms with Crippen molar-refractivity contribution in [2.45, 2.75) is 32.2 Å². The number of aliphatic carboxylic acids is 1. The van der Waals surface area contributed by atoms with Crippen LogP contribution in [0.15, 0.2) is 35.7 Å². The summed E-state index contributed by atoms with van der Waals surface area (Å²) in [5.74, 6) is -0.890. The fraction of sp³-hybridized carbons (Fsp3) is 0.333. The predicted octanol–water partition coefficient (Wildman–Crippen LogP) is 3.80. The molecule has 1 atom stereocenters. The monoisotopic (exact) mass is 329 g/mol. The van der Waals surface area contributed by atoms with Crippen LogP contribution < -0.4 is 0 Å². The highest BCUT2D eigenvalue weighted by atomic mass is 32.1. The number of carboxylic acids is 1. The van der Waals surface area contributed by atoms with E-state index in [0.717, 1.165) is 24.0 Å². The van der Waals surface area contributed by atoms with E-state index in [9.17, 15) is 9.59 Å². The summed E-state index contributed by atoms with van der Waals surface area (Å²) < 4.78 is 0. The Morgan fingerprint density at radius 1 is 1.26 bits per heavy atom. The lowest BCUT2D eigenvalue weighted by atomic mass is 10.0. The van der Waals surface area contributed by atoms with Gasteiger partial charge in [-0.25, -0.2) is 0 Å². The van der Waals surface area contributed by atoms with Gasteiger partial charge in [0.15, 0.2) is 0 Å². The first-order chi connectivity index (χ1) is 11.1. The molecule has 1 fully saturated rings. The predicted molar refractivity (Wildman–Crippen MR) is 90.8 cm³/mol. The number of amides is 1. The van der Waals surface area contributed by atoms with Gasteiger partial charge in [0.1, 0.15) is 0 Å². The minimum Gasteiger partial charge on any atom is -0.481 e. The van der Waals surface area contributed by atoms with E-state index >= 15 is 0 Å². The third-order valence-electron chi connectivity index (χ3n) is 4.27. The van der Waals surface area contributed by atoms with Crippen LogP contribution in [-0.4, -0.2) is 34.5 Å². The largest absolute Gasteiger partial charge is 0.481 e. The molecule has 0 aliphatic carbocycles. The summed E-state index contributed by atoms with van der Waals surface area (Å²) in [6.07, 6.45) is 1.66. The van der Waals surface area contributed by atoms with Crippen LogP contribution in [0, 0.1) is 6.92 Å². The van der Waals surface area contributed by atoms with Crippen molar-refractivity contribution in [3.05, 3.63) is 46.2 Å². The number of carbonyl (C=O) groups is 2. The molecule has 0 spiro atoms. The zero-order valence-corrected chi connectivity index (χ0v) is 13.8. The van der Waals surface area contributed by atoms with Gasteiger partial charge < -0.3 is 10.0 Å². The highest BCUT2D eigenvalue weighted by Crippen LogP contribution is 2.32. The smallest absolute Gasteiger partial charge is 0.305 e. The Morgan fingerprint density at radius 2 is 2.00 bits per heavy atom. The van der Waals surface area contributed by atoms with Crippen molar-refractivity contribution in [3.8, 4) is 11.1 Å². The van der Waals surface area contributed by atoms with E-state index in [1.165, 1.54) is 16.9 Å². The number of likely N-dealkylation sites (tertiary alicyclic amines) is 1. The molecule has 1 aliphatic rings. The standard InChI is InChI=1S/C18H19NO3S/c1-12-4-6-13(7-5-12)15-8-10-23-17(15)18(22)19-9-2-3-14(19)11-16(20)21/h4-8,10,14H,2-3,9,11H2,1H3,(H,20,21). The highest BCUT2D eigenvalue weighted by Gasteiger charge is 2.32. The molecule has 0 bridgehead atoms. The molecular formula is C18H19NO3S. The summed E-state index contributed by atoms with van der Waals surface area (Å²) in [7, 11) is 0. The molecule has 1 N–H and O–H groups in total. The highest BCUT2D eigenvalue weighted by molar-refractivity contribution is 7.12. The number of thiophene rings is 1. The van der Waals surface area contributed by atoms with Gasteiger partial charge in [-0.2, -0.15) is 0 Å². The number of aryl methyl sites for hydroxylation is 1. The molecule has 2 heterocycles. The van der Waals surface area contributed by atoms with Gasteiger partial charge in [-0.05, 0) is 36.8 Å². The molecule has 0 radical (unpaired) electrons. The van der Waals surface area contributed by atoms with Crippen molar-refractivity contribution >= 4 is 23.2 Å². The summed E-state index contributed by atoms with van der Waals surface area (Å²) in [6, 6.07) is 9.88. The molecule has 1 amide bonds. The lowest BCUT2D eigenvalue weighted by molar-refractivity contribution is -0.137. The first kappa shape index (κ1) is 15.7. The second kappa shape index (κ2) is 6.54. The van der Waals surface area contributed by atoms with Gasteiger partial charge in [0, 0.05) is 18.2 Å². The number of carbonyl (C=O) groups excluding carboxylic acids is 1. The molecule has 5 heteroatoms. The molecule has 2 aromatic rings. The third kappa shape index (κ3) is 3.29. The molecule has 3 rings (SSSR count). The SMILES string of the molecule is Cc1ccc(-c2ccsc2C(=O)N2CCCC2CC(=O)O)cc1. The van der Waals surface area contributed by atoms with Crippen LogP contribution in [0.2, 0.25) is 0 Å². The number of rotatable bonds is 4. The van der Waals surface area contributed by atoms with Crippen LogP contribution in [0.1, 0.15) is 34.5 Å². The lowest BCUT2D eigenvalue weighted by Crippen LogP contribution is -2.36. The average molecular weight is 329 g/mol. The Labute approximate surface area is 139 Å². The summed E-state index contributed by atoms with van der Waals surface area (Å²) in [5, 5.41) is 10.9. The van der Waals surface area contributed by atoms with Gasteiger partial charge in [-0.3, -0.25) is 9.59 Å². The number of hydrogen-bond donors (Lipinski definition) is 1. The van der Waals surface area contributed by atoms with Crippen molar-refractivity contribution in [2.24, 2.45) is 0 Å². The van der Waals surface area contributed by atoms with Crippen molar-refractivity contribution in [2.75, 3.05) is 6.54 Å². The third-order valence-corrected chi connectivity index (χ3v) is 5.17. The van der Waals surface area contributed by atoms with E-state index in [-0.39, 0.29) is 18.4 Å². The molecule has 1 unspecified atom stereocenters. The van der Waals surface area contributed by atoms with E-state index < -0.39 is 5.97 Å². The minimum atomic E-state index is -0.848. The number of carboxylic acid groups (broad SMARTS) is 1. The second-order valence-electron chi connectivity index (χ2n) is 5.92. The van der Waals surface area contributed by atoms with Crippen LogP contribution in [0.4, 0.5) is 0 Å². The van der Waals surface area contributed by atoms with Crippen LogP contribution in [0.5, 0.6) is 0 Å². The van der Waals surface area contributed by atoms with Gasteiger partial charge in [-0.1, -0.05) is 29.8 Å². The van der Waals surface area contributed by atoms with Crippen LogP contribution >= 0.6 is 11.3 Å². The summed E-state index contributed by atoms with van der Waals surface area (Å²) in [4.78, 5) is 26.3. The maximum atomic E-state index is 12.9. The van der Waals surface area contributed by atoms with Crippen molar-refractivity contribution < 1.29 is 14.7 Å². The Kier molecular flexibility index (Phi) is 4.48. The summed E-state index contributed by atoms with van der Waals surface area (Å²) in [6.45, 7) is 2.67. The first-order valence-corrected chi connectivity index (χ1v) is 8.61. The fourth-order valence-electron chi connectivity index (χ4n) is 3.08. The van der Waals surface area contributed by atoms with Crippen LogP contribution in [-0.2, 0) is 4.79 Å². The summed E-state index contributed by atoms with van der Waals surface area (Å²) in [5.41, 5.74) is 3.13. The van der Waals surface area contributed by atoms with E-state index in [0.29, 0.717) is 11.4 Å². The molecular weight excluding hydrogens is 310 g/mol. The zero-order chi connectivity index (χ0) is 16.4. The average Bonchev–Trinajstić information content (AvgIpc) is 3.16. The fourth-order valence-corrected chi connectivity index (χ4v) is 3.95. The van der Waals surface area contributed by atoms with Gasteiger partial charge in [0.25, 0.3) is 5.91 Å². The Bertz CT molecular complexity index is 720. The van der Waals surface area contributed by atoms with Gasteiger partial charge in [-0.15, -0.1) is 11.3 Å². The molecule has 0 saturated carbocycles. The van der Waals surface area contributed by atoms with E-state index in [2.05, 4.69) is 0 Å². The molecule has 23 heavy (non-hydrogen) atoms. The van der Waals surface area contributed by atoms with Crippen molar-refractivity contribution in [1.29, 1.82) is 0 Å². The number of benzene rings is 1. The quantitative estimate of drug-likeness (QED) is 0.928. The molecule has 1 aromatic carbocycles. The maximum absolute atomic E-state index is 12.9. The van der Waals surface area contributed by atoms with E-state index in [4.69, 9.17) is 5.11 Å². The lowest BCUT2D eigenvalue weighted by Gasteiger charge is -2.23. The molecule has 120 valence electrons. The van der Waals surface area contributed by atoms with Crippen molar-refractivity contribution in [1.82, 2.24) is 4.90 Å². The van der Waals surface area contributed by atoms with E-state index in [1.54, 1.807) is 4.90 Å². The van der Waals surface area contributed by atoms with Gasteiger partial charge >= 0.3 is 5.97 Å². The number of hydrogen-bond acceptors (Lipinski definition) is 3. The second-order valence-corrected chi connectivity index (χ2v) is 6.84. The first-order valence-electron chi connectivity index (χ1n) is 7.73. The topological polar surface area (TPSA) is 57.6 Å². The normalized spacial score (nSPS) is 17.4. The zero-order valence-electron chi connectivity index (χ0n) is 13.0. The van der Waals surface area contributed by atoms with Crippen LogP contribution in [0.3, 0.4) is 0 Å². The molecule has 1 aliphatic heterocycles. The molecule has 1 saturated heterocycles. The minimum absolute atomic E-state index is 0.0248.